The number of amides is 1. The zero-order valence-electron chi connectivity index (χ0n) is 16.2. The lowest BCUT2D eigenvalue weighted by Crippen LogP contribution is -2.26. The molecule has 0 saturated heterocycles. The van der Waals surface area contributed by atoms with Crippen LogP contribution in [0.4, 0.5) is 26.3 Å². The normalized spacial score (nSPS) is 11.5. The van der Waals surface area contributed by atoms with Crippen molar-refractivity contribution >= 4 is 17.5 Å². The molecule has 0 fully saturated rings. The van der Waals surface area contributed by atoms with Crippen molar-refractivity contribution in [2.24, 2.45) is 0 Å². The first-order valence-electron chi connectivity index (χ1n) is 8.89. The summed E-state index contributed by atoms with van der Waals surface area (Å²) in [5.41, 5.74) is -1.29. The van der Waals surface area contributed by atoms with Crippen molar-refractivity contribution in [3.8, 4) is 11.4 Å². The lowest BCUT2D eigenvalue weighted by molar-refractivity contribution is -0.141. The highest BCUT2D eigenvalue weighted by Gasteiger charge is 2.35. The molecule has 32 heavy (non-hydrogen) atoms. The Morgan fingerprint density at radius 2 is 1.75 bits per heavy atom. The fraction of sp³-hybridized carbons (Fsp3) is 0.200. The molecular weight excluding hydrogens is 464 g/mol. The predicted octanol–water partition coefficient (Wildman–Crippen LogP) is 4.83. The molecule has 0 unspecified atom stereocenters. The Bertz CT molecular complexity index is 1140. The summed E-state index contributed by atoms with van der Waals surface area (Å²) in [6.45, 7) is -0.405. The number of halogens is 7. The second kappa shape index (κ2) is 9.11. The van der Waals surface area contributed by atoms with Crippen LogP contribution in [0.3, 0.4) is 0 Å². The van der Waals surface area contributed by atoms with Gasteiger partial charge in [0.05, 0.1) is 36.5 Å². The number of nitrogens with zero attached hydrogens (tertiary/aromatic N) is 2. The molecule has 0 spiro atoms. The van der Waals surface area contributed by atoms with Gasteiger partial charge in [-0.05, 0) is 42.0 Å². The van der Waals surface area contributed by atoms with Crippen molar-refractivity contribution < 1.29 is 35.9 Å². The molecule has 12 heteroatoms. The third-order valence-electron chi connectivity index (χ3n) is 4.31. The van der Waals surface area contributed by atoms with Crippen molar-refractivity contribution in [3.63, 3.8) is 0 Å². The van der Waals surface area contributed by atoms with E-state index in [-0.39, 0.29) is 22.0 Å². The van der Waals surface area contributed by atoms with Crippen molar-refractivity contribution in [2.45, 2.75) is 19.1 Å². The van der Waals surface area contributed by atoms with Gasteiger partial charge in [0.2, 0.25) is 5.91 Å². The summed E-state index contributed by atoms with van der Waals surface area (Å²) < 4.78 is 85.8. The quantitative estimate of drug-likeness (QED) is 0.517. The van der Waals surface area contributed by atoms with Gasteiger partial charge in [0, 0.05) is 0 Å². The predicted molar refractivity (Wildman–Crippen MR) is 102 cm³/mol. The van der Waals surface area contributed by atoms with Crippen molar-refractivity contribution in [2.75, 3.05) is 7.11 Å². The summed E-state index contributed by atoms with van der Waals surface area (Å²) >= 11 is 5.70. The number of carbonyl (C=O) groups excluding carboxylic acids is 1. The zero-order chi connectivity index (χ0) is 23.6. The van der Waals surface area contributed by atoms with Gasteiger partial charge in [-0.3, -0.25) is 4.79 Å². The van der Waals surface area contributed by atoms with E-state index in [1.165, 1.54) is 6.07 Å². The number of hydrogen-bond acceptors (Lipinski definition) is 3. The van der Waals surface area contributed by atoms with Crippen LogP contribution in [0.15, 0.2) is 36.4 Å². The van der Waals surface area contributed by atoms with Crippen LogP contribution in [0.5, 0.6) is 5.75 Å². The first-order chi connectivity index (χ1) is 15.0. The van der Waals surface area contributed by atoms with E-state index in [1.54, 1.807) is 0 Å². The number of nitrogens with one attached hydrogen (secondary N) is 1. The van der Waals surface area contributed by atoms with Crippen LogP contribution in [0.2, 0.25) is 5.02 Å². The molecule has 170 valence electrons. The summed E-state index contributed by atoms with van der Waals surface area (Å²) in [6, 6.07) is 5.74. The third-order valence-corrected chi connectivity index (χ3v) is 4.60. The van der Waals surface area contributed by atoms with Crippen LogP contribution < -0.4 is 10.1 Å². The van der Waals surface area contributed by atoms with Gasteiger partial charge >= 0.3 is 6.18 Å². The Hall–Kier alpha value is -3.21. The number of rotatable bonds is 6. The van der Waals surface area contributed by atoms with Gasteiger partial charge < -0.3 is 10.1 Å². The molecule has 1 amide bonds. The van der Waals surface area contributed by atoms with Gasteiger partial charge in [-0.25, -0.2) is 17.9 Å². The van der Waals surface area contributed by atoms with Gasteiger partial charge in [-0.1, -0.05) is 11.6 Å². The van der Waals surface area contributed by atoms with Crippen LogP contribution in [0, 0.1) is 17.5 Å². The number of benzene rings is 2. The maximum absolute atomic E-state index is 13.8. The molecule has 1 heterocycles. The highest BCUT2D eigenvalue weighted by atomic mass is 35.5. The molecule has 0 saturated carbocycles. The first kappa shape index (κ1) is 23.5. The molecular formula is C20H14ClF6N3O2. The van der Waals surface area contributed by atoms with E-state index in [2.05, 4.69) is 15.2 Å². The summed E-state index contributed by atoms with van der Waals surface area (Å²) in [7, 11) is 1.08. The molecule has 3 rings (SSSR count). The summed E-state index contributed by atoms with van der Waals surface area (Å²) in [5, 5.41) is 5.51. The number of methoxy groups -OCH3 is 1. The standard InChI is InChI=1S/C20H14ClF6N3O2/c1-32-19-15(23)4-10(5-16(19)24)6-18(31)28-9-12-8-17(20(25,26)27)29-30(12)11-2-3-14(22)13(21)7-11/h2-5,7-8H,6,9H2,1H3,(H,28,31). The lowest BCUT2D eigenvalue weighted by Gasteiger charge is -2.10. The van der Waals surface area contributed by atoms with Crippen molar-refractivity contribution in [3.05, 3.63) is 75.8 Å². The smallest absolute Gasteiger partial charge is 0.435 e. The Morgan fingerprint density at radius 1 is 1.09 bits per heavy atom. The highest BCUT2D eigenvalue weighted by Crippen LogP contribution is 2.30. The molecule has 1 aromatic heterocycles. The number of hydrogen-bond donors (Lipinski definition) is 1. The third kappa shape index (κ3) is 5.16. The minimum absolute atomic E-state index is 0.00638. The monoisotopic (exact) mass is 477 g/mol. The summed E-state index contributed by atoms with van der Waals surface area (Å²) in [5.74, 6) is -4.09. The fourth-order valence-corrected chi connectivity index (χ4v) is 3.05. The van der Waals surface area contributed by atoms with Gasteiger partial charge in [0.15, 0.2) is 23.1 Å². The largest absolute Gasteiger partial charge is 0.491 e. The topological polar surface area (TPSA) is 56.1 Å². The van der Waals surface area contributed by atoms with Gasteiger partial charge in [-0.2, -0.15) is 18.3 Å². The molecule has 0 aliphatic carbocycles. The summed E-state index contributed by atoms with van der Waals surface area (Å²) in [6.07, 6.45) is -5.22. The molecule has 0 atom stereocenters. The fourth-order valence-electron chi connectivity index (χ4n) is 2.87. The minimum atomic E-state index is -4.77. The Kier molecular flexibility index (Phi) is 6.68. The molecule has 5 nitrogen and oxygen atoms in total. The van der Waals surface area contributed by atoms with E-state index in [4.69, 9.17) is 11.6 Å². The van der Waals surface area contributed by atoms with Crippen LogP contribution in [0.25, 0.3) is 5.69 Å². The second-order valence-electron chi connectivity index (χ2n) is 6.58. The molecule has 3 aromatic rings. The van der Waals surface area contributed by atoms with E-state index >= 15 is 0 Å². The number of alkyl halides is 3. The van der Waals surface area contributed by atoms with E-state index in [9.17, 15) is 31.1 Å². The van der Waals surface area contributed by atoms with Crippen LogP contribution >= 0.6 is 11.6 Å². The van der Waals surface area contributed by atoms with Gasteiger partial charge in [0.1, 0.15) is 5.82 Å². The Morgan fingerprint density at radius 3 is 2.31 bits per heavy atom. The van der Waals surface area contributed by atoms with E-state index in [0.717, 1.165) is 36.1 Å². The molecule has 0 radical (unpaired) electrons. The zero-order valence-corrected chi connectivity index (χ0v) is 17.0. The maximum Gasteiger partial charge on any atom is 0.435 e. The average Bonchev–Trinajstić information content (AvgIpc) is 3.13. The van der Waals surface area contributed by atoms with Gasteiger partial charge in [0.25, 0.3) is 0 Å². The van der Waals surface area contributed by atoms with Crippen molar-refractivity contribution in [1.29, 1.82) is 0 Å². The number of aromatic nitrogens is 2. The second-order valence-corrected chi connectivity index (χ2v) is 6.98. The number of ether oxygens (including phenoxy) is 1. The van der Waals surface area contributed by atoms with Crippen LogP contribution in [-0.4, -0.2) is 22.8 Å². The SMILES string of the molecule is COc1c(F)cc(CC(=O)NCc2cc(C(F)(F)F)nn2-c2ccc(F)c(Cl)c2)cc1F. The highest BCUT2D eigenvalue weighted by molar-refractivity contribution is 6.30. The van der Waals surface area contributed by atoms with Gasteiger partial charge in [-0.15, -0.1) is 0 Å². The van der Waals surface area contributed by atoms with E-state index < -0.39 is 53.9 Å². The maximum atomic E-state index is 13.8. The molecule has 2 aromatic carbocycles. The summed E-state index contributed by atoms with van der Waals surface area (Å²) in [4.78, 5) is 12.2. The molecule has 1 N–H and O–H groups in total. The van der Waals surface area contributed by atoms with E-state index in [1.807, 2.05) is 0 Å². The molecule has 0 bridgehead atoms. The number of carbonyl (C=O) groups is 1. The first-order valence-corrected chi connectivity index (χ1v) is 9.27. The lowest BCUT2D eigenvalue weighted by atomic mass is 10.1. The van der Waals surface area contributed by atoms with Crippen LogP contribution in [-0.2, 0) is 23.9 Å². The Balaban J connectivity index is 1.81. The Labute approximate surface area is 182 Å². The molecule has 0 aliphatic rings. The van der Waals surface area contributed by atoms with Crippen LogP contribution in [0.1, 0.15) is 17.0 Å². The minimum Gasteiger partial charge on any atom is -0.491 e. The average molecular weight is 478 g/mol. The van der Waals surface area contributed by atoms with E-state index in [0.29, 0.717) is 6.07 Å². The molecule has 0 aliphatic heterocycles. The van der Waals surface area contributed by atoms with Crippen molar-refractivity contribution in [1.82, 2.24) is 15.1 Å².